The van der Waals surface area contributed by atoms with Gasteiger partial charge in [0.1, 0.15) is 0 Å². The van der Waals surface area contributed by atoms with E-state index in [1.54, 1.807) is 13.8 Å². The molecule has 0 aromatic rings. The second kappa shape index (κ2) is 6.82. The average Bonchev–Trinajstić information content (AvgIpc) is 2.09. The standard InChI is InChI=1S/C10H16ClF3N2O2/c1-5(2)7(8(17)16-9(15)18)3-6(11)4-10(12,13)14/h5-7H,3-4H2,1-2H3,(H3,15,16,17,18). The zero-order valence-corrected chi connectivity index (χ0v) is 10.8. The van der Waals surface area contributed by atoms with Crippen LogP contribution in [0.1, 0.15) is 26.7 Å². The SMILES string of the molecule is CC(C)C(CC(Cl)CC(F)(F)F)C(=O)NC(N)=O. The molecule has 2 atom stereocenters. The van der Waals surface area contributed by atoms with Crippen molar-refractivity contribution in [2.24, 2.45) is 17.6 Å². The monoisotopic (exact) mass is 288 g/mol. The van der Waals surface area contributed by atoms with Crippen LogP contribution in [-0.4, -0.2) is 23.5 Å². The first-order valence-electron chi connectivity index (χ1n) is 5.34. The number of carbonyl (C=O) groups is 2. The maximum absolute atomic E-state index is 12.1. The van der Waals surface area contributed by atoms with E-state index in [-0.39, 0.29) is 12.3 Å². The molecule has 18 heavy (non-hydrogen) atoms. The Labute approximate surface area is 108 Å². The van der Waals surface area contributed by atoms with Gasteiger partial charge in [0.2, 0.25) is 5.91 Å². The number of nitrogens with two attached hydrogens (primary N) is 1. The lowest BCUT2D eigenvalue weighted by Gasteiger charge is -2.22. The molecule has 0 heterocycles. The van der Waals surface area contributed by atoms with E-state index >= 15 is 0 Å². The van der Waals surface area contributed by atoms with Crippen molar-refractivity contribution in [2.45, 2.75) is 38.2 Å². The van der Waals surface area contributed by atoms with E-state index in [9.17, 15) is 22.8 Å². The molecule has 106 valence electrons. The van der Waals surface area contributed by atoms with E-state index in [4.69, 9.17) is 17.3 Å². The summed E-state index contributed by atoms with van der Waals surface area (Å²) in [5.41, 5.74) is 4.78. The van der Waals surface area contributed by atoms with Gasteiger partial charge in [-0.25, -0.2) is 4.79 Å². The minimum absolute atomic E-state index is 0.169. The van der Waals surface area contributed by atoms with Crippen LogP contribution < -0.4 is 11.1 Å². The highest BCUT2D eigenvalue weighted by Gasteiger charge is 2.34. The summed E-state index contributed by atoms with van der Waals surface area (Å²) in [6.45, 7) is 3.31. The molecule has 8 heteroatoms. The third kappa shape index (κ3) is 7.37. The Morgan fingerprint density at radius 3 is 2.17 bits per heavy atom. The maximum Gasteiger partial charge on any atom is 0.390 e. The fraction of sp³-hybridized carbons (Fsp3) is 0.800. The first-order valence-corrected chi connectivity index (χ1v) is 5.77. The second-order valence-corrected chi connectivity index (χ2v) is 4.97. The molecule has 3 amide bonds. The minimum atomic E-state index is -4.38. The molecule has 0 aliphatic rings. The molecule has 2 unspecified atom stereocenters. The van der Waals surface area contributed by atoms with E-state index in [0.717, 1.165) is 0 Å². The molecule has 0 aromatic heterocycles. The Kier molecular flexibility index (Phi) is 6.45. The first kappa shape index (κ1) is 17.0. The molecule has 0 aliphatic carbocycles. The third-order valence-corrected chi connectivity index (χ3v) is 2.68. The van der Waals surface area contributed by atoms with Gasteiger partial charge in [0.25, 0.3) is 0 Å². The number of hydrogen-bond donors (Lipinski definition) is 2. The lowest BCUT2D eigenvalue weighted by molar-refractivity contribution is -0.137. The summed E-state index contributed by atoms with van der Waals surface area (Å²) in [7, 11) is 0. The number of nitrogens with one attached hydrogen (secondary N) is 1. The van der Waals surface area contributed by atoms with Crippen LogP contribution in [0.3, 0.4) is 0 Å². The van der Waals surface area contributed by atoms with E-state index in [1.165, 1.54) is 0 Å². The number of rotatable bonds is 5. The Morgan fingerprint density at radius 1 is 1.33 bits per heavy atom. The van der Waals surface area contributed by atoms with Crippen molar-refractivity contribution in [1.82, 2.24) is 5.32 Å². The normalized spacial score (nSPS) is 15.3. The molecule has 0 saturated carbocycles. The molecule has 0 saturated heterocycles. The zero-order valence-electron chi connectivity index (χ0n) is 10.1. The predicted octanol–water partition coefficient (Wildman–Crippen LogP) is 2.40. The van der Waals surface area contributed by atoms with Gasteiger partial charge in [-0.1, -0.05) is 13.8 Å². The third-order valence-electron chi connectivity index (χ3n) is 2.35. The summed E-state index contributed by atoms with van der Waals surface area (Å²) in [5, 5.41) is 0.640. The topological polar surface area (TPSA) is 72.2 Å². The Hall–Kier alpha value is -0.980. The van der Waals surface area contributed by atoms with Crippen molar-refractivity contribution in [3.05, 3.63) is 0 Å². The molecular weight excluding hydrogens is 273 g/mol. The maximum atomic E-state index is 12.1. The fourth-order valence-electron chi connectivity index (χ4n) is 1.51. The van der Waals surface area contributed by atoms with Crippen molar-refractivity contribution in [2.75, 3.05) is 0 Å². The fourth-order valence-corrected chi connectivity index (χ4v) is 1.87. The molecule has 0 bridgehead atoms. The van der Waals surface area contributed by atoms with E-state index in [0.29, 0.717) is 0 Å². The number of urea groups is 1. The zero-order chi connectivity index (χ0) is 14.5. The summed E-state index contributed by atoms with van der Waals surface area (Å²) < 4.78 is 36.3. The summed E-state index contributed by atoms with van der Waals surface area (Å²) in [4.78, 5) is 22.1. The summed E-state index contributed by atoms with van der Waals surface area (Å²) in [6.07, 6.45) is -5.73. The summed E-state index contributed by atoms with van der Waals surface area (Å²) >= 11 is 5.57. The smallest absolute Gasteiger partial charge is 0.351 e. The van der Waals surface area contributed by atoms with Crippen molar-refractivity contribution < 1.29 is 22.8 Å². The van der Waals surface area contributed by atoms with Crippen molar-refractivity contribution >= 4 is 23.5 Å². The van der Waals surface area contributed by atoms with Gasteiger partial charge in [-0.05, 0) is 12.3 Å². The van der Waals surface area contributed by atoms with Crippen molar-refractivity contribution in [3.63, 3.8) is 0 Å². The lowest BCUT2D eigenvalue weighted by Crippen LogP contribution is -2.41. The van der Waals surface area contributed by atoms with Crippen LogP contribution in [0.15, 0.2) is 0 Å². The van der Waals surface area contributed by atoms with Gasteiger partial charge in [0, 0.05) is 11.3 Å². The number of primary amides is 1. The molecule has 0 fully saturated rings. The van der Waals surface area contributed by atoms with Crippen molar-refractivity contribution in [1.29, 1.82) is 0 Å². The van der Waals surface area contributed by atoms with E-state index in [1.807, 2.05) is 5.32 Å². The molecule has 3 N–H and O–H groups in total. The van der Waals surface area contributed by atoms with Crippen LogP contribution in [0.5, 0.6) is 0 Å². The number of imide groups is 1. The molecular formula is C10H16ClF3N2O2. The van der Waals surface area contributed by atoms with Crippen LogP contribution in [0.2, 0.25) is 0 Å². The number of hydrogen-bond acceptors (Lipinski definition) is 2. The highest BCUT2D eigenvalue weighted by molar-refractivity contribution is 6.20. The second-order valence-electron chi connectivity index (χ2n) is 4.36. The van der Waals surface area contributed by atoms with Crippen LogP contribution in [-0.2, 0) is 4.79 Å². The largest absolute Gasteiger partial charge is 0.390 e. The molecule has 0 aliphatic heterocycles. The molecule has 0 aromatic carbocycles. The number of carbonyl (C=O) groups excluding carboxylic acids is 2. The minimum Gasteiger partial charge on any atom is -0.351 e. The van der Waals surface area contributed by atoms with Gasteiger partial charge in [-0.3, -0.25) is 10.1 Å². The predicted molar refractivity (Wildman–Crippen MR) is 61.0 cm³/mol. The summed E-state index contributed by atoms with van der Waals surface area (Å²) in [5.74, 6) is -1.74. The highest BCUT2D eigenvalue weighted by atomic mass is 35.5. The van der Waals surface area contributed by atoms with Gasteiger partial charge >= 0.3 is 12.2 Å². The average molecular weight is 289 g/mol. The number of alkyl halides is 4. The van der Waals surface area contributed by atoms with Gasteiger partial charge < -0.3 is 5.73 Å². The van der Waals surface area contributed by atoms with Gasteiger partial charge in [0.05, 0.1) is 6.42 Å². The van der Waals surface area contributed by atoms with Crippen LogP contribution >= 0.6 is 11.6 Å². The molecule has 0 rings (SSSR count). The van der Waals surface area contributed by atoms with Gasteiger partial charge in [0.15, 0.2) is 0 Å². The quantitative estimate of drug-likeness (QED) is 0.763. The Balaban J connectivity index is 4.54. The summed E-state index contributed by atoms with van der Waals surface area (Å²) in [6, 6.07) is -1.03. The van der Waals surface area contributed by atoms with Gasteiger partial charge in [-0.2, -0.15) is 13.2 Å². The molecule has 4 nitrogen and oxygen atoms in total. The van der Waals surface area contributed by atoms with E-state index < -0.39 is 35.8 Å². The van der Waals surface area contributed by atoms with Crippen molar-refractivity contribution in [3.8, 4) is 0 Å². The molecule has 0 spiro atoms. The number of amides is 3. The highest BCUT2D eigenvalue weighted by Crippen LogP contribution is 2.29. The van der Waals surface area contributed by atoms with E-state index in [2.05, 4.69) is 0 Å². The number of halogens is 4. The Morgan fingerprint density at radius 2 is 1.83 bits per heavy atom. The Bertz CT molecular complexity index is 308. The van der Waals surface area contributed by atoms with Crippen LogP contribution in [0.25, 0.3) is 0 Å². The van der Waals surface area contributed by atoms with Crippen LogP contribution in [0, 0.1) is 11.8 Å². The van der Waals surface area contributed by atoms with Gasteiger partial charge in [-0.15, -0.1) is 11.6 Å². The van der Waals surface area contributed by atoms with Crippen LogP contribution in [0.4, 0.5) is 18.0 Å². The first-order chi connectivity index (χ1) is 8.03. The lowest BCUT2D eigenvalue weighted by atomic mass is 9.89. The molecule has 0 radical (unpaired) electrons.